The normalized spacial score (nSPS) is 10.8. The van der Waals surface area contributed by atoms with E-state index in [-0.39, 0.29) is 6.61 Å². The van der Waals surface area contributed by atoms with E-state index in [4.69, 9.17) is 9.52 Å². The molecule has 0 spiro atoms. The summed E-state index contributed by atoms with van der Waals surface area (Å²) in [7, 11) is 0. The zero-order valence-corrected chi connectivity index (χ0v) is 9.62. The van der Waals surface area contributed by atoms with E-state index >= 15 is 0 Å². The smallest absolute Gasteiger partial charge is 0.159 e. The molecule has 0 amide bonds. The predicted molar refractivity (Wildman–Crippen MR) is 61.5 cm³/mol. The molecule has 0 fully saturated rings. The second-order valence-corrected chi connectivity index (χ2v) is 3.88. The largest absolute Gasteiger partial charge is 0.462 e. The van der Waals surface area contributed by atoms with E-state index < -0.39 is 11.6 Å². The highest BCUT2D eigenvalue weighted by atomic mass is 19.2. The first kappa shape index (κ1) is 12.7. The van der Waals surface area contributed by atoms with Gasteiger partial charge in [-0.25, -0.2) is 8.78 Å². The Kier molecular flexibility index (Phi) is 4.07. The number of hydrogen-bond donors (Lipinski definition) is 2. The van der Waals surface area contributed by atoms with Crippen LogP contribution in [0.3, 0.4) is 0 Å². The fourth-order valence-corrected chi connectivity index (χ4v) is 1.58. The Balaban J connectivity index is 1.86. The first-order valence-electron chi connectivity index (χ1n) is 5.52. The molecule has 0 aliphatic carbocycles. The number of hydrogen-bond acceptors (Lipinski definition) is 3. The maximum atomic E-state index is 12.9. The van der Waals surface area contributed by atoms with Crippen LogP contribution < -0.4 is 5.32 Å². The van der Waals surface area contributed by atoms with E-state index in [1.165, 1.54) is 6.07 Å². The lowest BCUT2D eigenvalue weighted by Gasteiger charge is -2.03. The lowest BCUT2D eigenvalue weighted by Crippen LogP contribution is -2.12. The van der Waals surface area contributed by atoms with Gasteiger partial charge in [-0.15, -0.1) is 0 Å². The van der Waals surface area contributed by atoms with Gasteiger partial charge in [0.25, 0.3) is 0 Å². The molecule has 5 heteroatoms. The summed E-state index contributed by atoms with van der Waals surface area (Å²) in [5.74, 6) is -0.520. The molecule has 0 bridgehead atoms. The molecule has 0 aliphatic rings. The van der Waals surface area contributed by atoms with Crippen molar-refractivity contribution in [1.29, 1.82) is 0 Å². The summed E-state index contributed by atoms with van der Waals surface area (Å²) in [6.45, 7) is 0.731. The average molecular weight is 253 g/mol. The van der Waals surface area contributed by atoms with Crippen LogP contribution in [0.2, 0.25) is 0 Å². The fraction of sp³-hybridized carbons (Fsp3) is 0.231. The number of aliphatic hydroxyl groups excluding tert-OH is 1. The maximum absolute atomic E-state index is 12.9. The van der Waals surface area contributed by atoms with Gasteiger partial charge in [-0.05, 0) is 29.8 Å². The molecule has 0 saturated heterocycles. The molecule has 0 radical (unpaired) electrons. The Hall–Kier alpha value is -1.72. The van der Waals surface area contributed by atoms with Crippen molar-refractivity contribution in [2.24, 2.45) is 0 Å². The van der Waals surface area contributed by atoms with Crippen molar-refractivity contribution in [3.05, 3.63) is 59.1 Å². The van der Waals surface area contributed by atoms with Gasteiger partial charge >= 0.3 is 0 Å². The number of furan rings is 1. The summed E-state index contributed by atoms with van der Waals surface area (Å²) in [6, 6.07) is 7.22. The van der Waals surface area contributed by atoms with Gasteiger partial charge in [-0.3, -0.25) is 0 Å². The Morgan fingerprint density at radius 2 is 1.78 bits per heavy atom. The molecular formula is C13H13F2NO2. The Morgan fingerprint density at radius 1 is 1.00 bits per heavy atom. The molecule has 0 atom stereocenters. The third-order valence-corrected chi connectivity index (χ3v) is 2.49. The van der Waals surface area contributed by atoms with Crippen molar-refractivity contribution >= 4 is 0 Å². The van der Waals surface area contributed by atoms with Gasteiger partial charge in [0.15, 0.2) is 11.6 Å². The molecule has 1 aromatic heterocycles. The highest BCUT2D eigenvalue weighted by Gasteiger charge is 2.03. The Bertz CT molecular complexity index is 525. The number of rotatable bonds is 5. The van der Waals surface area contributed by atoms with Crippen molar-refractivity contribution in [1.82, 2.24) is 5.32 Å². The van der Waals surface area contributed by atoms with E-state index in [1.54, 1.807) is 12.1 Å². The molecule has 2 aromatic rings. The summed E-state index contributed by atoms with van der Waals surface area (Å²) in [5, 5.41) is 11.9. The van der Waals surface area contributed by atoms with Gasteiger partial charge in [0.2, 0.25) is 0 Å². The van der Waals surface area contributed by atoms with Crippen molar-refractivity contribution in [2.75, 3.05) is 0 Å². The molecule has 0 saturated carbocycles. The van der Waals surface area contributed by atoms with E-state index in [2.05, 4.69) is 5.32 Å². The second-order valence-electron chi connectivity index (χ2n) is 3.88. The topological polar surface area (TPSA) is 45.4 Å². The molecule has 3 nitrogen and oxygen atoms in total. The Labute approximate surface area is 103 Å². The molecule has 1 aromatic carbocycles. The number of aliphatic hydroxyl groups is 1. The molecule has 2 N–H and O–H groups in total. The zero-order chi connectivity index (χ0) is 13.0. The second kappa shape index (κ2) is 5.75. The van der Waals surface area contributed by atoms with Crippen LogP contribution in [-0.4, -0.2) is 5.11 Å². The van der Waals surface area contributed by atoms with Crippen LogP contribution in [0.25, 0.3) is 0 Å². The zero-order valence-electron chi connectivity index (χ0n) is 9.62. The first-order valence-corrected chi connectivity index (χ1v) is 5.52. The lowest BCUT2D eigenvalue weighted by atomic mass is 10.2. The van der Waals surface area contributed by atoms with Crippen molar-refractivity contribution < 1.29 is 18.3 Å². The Morgan fingerprint density at radius 3 is 2.44 bits per heavy atom. The molecule has 96 valence electrons. The summed E-state index contributed by atoms with van der Waals surface area (Å²) < 4.78 is 30.9. The van der Waals surface area contributed by atoms with Crippen LogP contribution in [0.5, 0.6) is 0 Å². The highest BCUT2D eigenvalue weighted by molar-refractivity contribution is 5.17. The SMILES string of the molecule is OCc1ccc(CNCc2ccc(F)c(F)c2)o1. The van der Waals surface area contributed by atoms with Crippen molar-refractivity contribution in [2.45, 2.75) is 19.7 Å². The number of halogens is 2. The van der Waals surface area contributed by atoms with E-state index in [9.17, 15) is 8.78 Å². The van der Waals surface area contributed by atoms with Gasteiger partial charge in [-0.1, -0.05) is 6.07 Å². The number of benzene rings is 1. The third-order valence-electron chi connectivity index (χ3n) is 2.49. The standard InChI is InChI=1S/C13H13F2NO2/c14-12-4-1-9(5-13(12)15)6-16-7-10-2-3-11(8-17)18-10/h1-5,16-17H,6-8H2. The summed E-state index contributed by atoms with van der Waals surface area (Å²) in [6.07, 6.45) is 0. The van der Waals surface area contributed by atoms with Crippen LogP contribution in [0.15, 0.2) is 34.7 Å². The summed E-state index contributed by atoms with van der Waals surface area (Å²) in [5.41, 5.74) is 0.655. The quantitative estimate of drug-likeness (QED) is 0.859. The van der Waals surface area contributed by atoms with Gasteiger partial charge in [0.05, 0.1) is 6.54 Å². The van der Waals surface area contributed by atoms with Crippen LogP contribution in [0, 0.1) is 11.6 Å². The van der Waals surface area contributed by atoms with Crippen LogP contribution >= 0.6 is 0 Å². The van der Waals surface area contributed by atoms with Crippen LogP contribution in [-0.2, 0) is 19.7 Å². The molecule has 18 heavy (non-hydrogen) atoms. The van der Waals surface area contributed by atoms with Crippen LogP contribution in [0.1, 0.15) is 17.1 Å². The lowest BCUT2D eigenvalue weighted by molar-refractivity contribution is 0.242. The van der Waals surface area contributed by atoms with E-state index in [0.717, 1.165) is 12.1 Å². The first-order chi connectivity index (χ1) is 8.69. The van der Waals surface area contributed by atoms with Gasteiger partial charge in [-0.2, -0.15) is 0 Å². The van der Waals surface area contributed by atoms with E-state index in [1.807, 2.05) is 0 Å². The minimum Gasteiger partial charge on any atom is -0.462 e. The monoisotopic (exact) mass is 253 g/mol. The van der Waals surface area contributed by atoms with Crippen LogP contribution in [0.4, 0.5) is 8.78 Å². The van der Waals surface area contributed by atoms with Gasteiger partial charge in [0.1, 0.15) is 18.1 Å². The molecule has 1 heterocycles. The summed E-state index contributed by atoms with van der Waals surface area (Å²) >= 11 is 0. The minimum atomic E-state index is -0.852. The summed E-state index contributed by atoms with van der Waals surface area (Å²) in [4.78, 5) is 0. The minimum absolute atomic E-state index is 0.136. The average Bonchev–Trinajstić information content (AvgIpc) is 2.82. The van der Waals surface area contributed by atoms with Crippen molar-refractivity contribution in [3.8, 4) is 0 Å². The molecular weight excluding hydrogens is 240 g/mol. The van der Waals surface area contributed by atoms with Crippen molar-refractivity contribution in [3.63, 3.8) is 0 Å². The highest BCUT2D eigenvalue weighted by Crippen LogP contribution is 2.10. The maximum Gasteiger partial charge on any atom is 0.159 e. The predicted octanol–water partition coefficient (Wildman–Crippen LogP) is 2.34. The molecule has 0 unspecified atom stereocenters. The molecule has 0 aliphatic heterocycles. The third kappa shape index (κ3) is 3.15. The van der Waals surface area contributed by atoms with E-state index in [0.29, 0.717) is 30.2 Å². The molecule has 2 rings (SSSR count). The van der Waals surface area contributed by atoms with Gasteiger partial charge < -0.3 is 14.8 Å². The number of nitrogens with one attached hydrogen (secondary N) is 1. The van der Waals surface area contributed by atoms with Gasteiger partial charge in [0, 0.05) is 6.54 Å². The fourth-order valence-electron chi connectivity index (χ4n) is 1.58.